The van der Waals surface area contributed by atoms with Crippen LogP contribution in [0.3, 0.4) is 0 Å². The molecule has 1 aromatic heterocycles. The van der Waals surface area contributed by atoms with Crippen molar-refractivity contribution in [2.24, 2.45) is 0 Å². The maximum Gasteiger partial charge on any atom is 0.161 e. The summed E-state index contributed by atoms with van der Waals surface area (Å²) >= 11 is 1.64. The van der Waals surface area contributed by atoms with E-state index in [2.05, 4.69) is 10.3 Å². The molecule has 0 aliphatic carbocycles. The highest BCUT2D eigenvalue weighted by molar-refractivity contribution is 7.09. The third-order valence-electron chi connectivity index (χ3n) is 3.04. The molecule has 2 rings (SSSR count). The van der Waals surface area contributed by atoms with Gasteiger partial charge in [-0.2, -0.15) is 0 Å². The van der Waals surface area contributed by atoms with Crippen molar-refractivity contribution in [1.82, 2.24) is 10.3 Å². The van der Waals surface area contributed by atoms with Gasteiger partial charge >= 0.3 is 0 Å². The average Bonchev–Trinajstić information content (AvgIpc) is 2.99. The second-order valence-electron chi connectivity index (χ2n) is 4.42. The summed E-state index contributed by atoms with van der Waals surface area (Å²) in [4.78, 5) is 4.63. The number of thiazole rings is 1. The number of ether oxygens (including phenoxy) is 2. The Hall–Kier alpha value is -1.63. The van der Waals surface area contributed by atoms with Crippen LogP contribution in [0.15, 0.2) is 23.6 Å². The number of hydrogen-bond acceptors (Lipinski definition) is 6. The molecule has 2 N–H and O–H groups in total. The number of aromatic nitrogens is 1. The van der Waals surface area contributed by atoms with Gasteiger partial charge in [0, 0.05) is 30.5 Å². The molecule has 1 heterocycles. The van der Waals surface area contributed by atoms with Crippen LogP contribution in [0.25, 0.3) is 11.3 Å². The van der Waals surface area contributed by atoms with Crippen LogP contribution in [0.4, 0.5) is 0 Å². The highest BCUT2D eigenvalue weighted by atomic mass is 32.1. The predicted octanol–water partition coefficient (Wildman–Crippen LogP) is 1.95. The maximum atomic E-state index is 8.71. The molecule has 21 heavy (non-hydrogen) atoms. The van der Waals surface area contributed by atoms with Crippen molar-refractivity contribution >= 4 is 11.3 Å². The summed E-state index contributed by atoms with van der Waals surface area (Å²) in [5.74, 6) is 1.42. The van der Waals surface area contributed by atoms with Gasteiger partial charge in [0.25, 0.3) is 0 Å². The first kappa shape index (κ1) is 15.8. The predicted molar refractivity (Wildman–Crippen MR) is 84.3 cm³/mol. The Morgan fingerprint density at radius 2 is 2.00 bits per heavy atom. The molecule has 0 saturated heterocycles. The van der Waals surface area contributed by atoms with E-state index >= 15 is 0 Å². The second-order valence-corrected chi connectivity index (χ2v) is 5.36. The lowest BCUT2D eigenvalue weighted by atomic mass is 10.1. The largest absolute Gasteiger partial charge is 0.493 e. The van der Waals surface area contributed by atoms with Crippen LogP contribution in [0, 0.1) is 0 Å². The molecular formula is C15H20N2O3S. The molecule has 114 valence electrons. The highest BCUT2D eigenvalue weighted by Crippen LogP contribution is 2.32. The van der Waals surface area contributed by atoms with Crippen molar-refractivity contribution in [3.05, 3.63) is 28.6 Å². The van der Waals surface area contributed by atoms with E-state index in [4.69, 9.17) is 14.6 Å². The second kappa shape index (κ2) is 7.97. The van der Waals surface area contributed by atoms with Crippen molar-refractivity contribution < 1.29 is 14.6 Å². The van der Waals surface area contributed by atoms with Crippen LogP contribution in [0.5, 0.6) is 11.5 Å². The minimum absolute atomic E-state index is 0.161. The van der Waals surface area contributed by atoms with E-state index in [1.807, 2.05) is 23.6 Å². The van der Waals surface area contributed by atoms with Gasteiger partial charge < -0.3 is 19.9 Å². The van der Waals surface area contributed by atoms with E-state index in [1.54, 1.807) is 25.6 Å². The van der Waals surface area contributed by atoms with Crippen LogP contribution in [0.1, 0.15) is 5.01 Å². The Balaban J connectivity index is 2.06. The quantitative estimate of drug-likeness (QED) is 0.730. The summed E-state index contributed by atoms with van der Waals surface area (Å²) in [5, 5.41) is 15.0. The number of methoxy groups -OCH3 is 2. The van der Waals surface area contributed by atoms with Crippen molar-refractivity contribution in [3.63, 3.8) is 0 Å². The van der Waals surface area contributed by atoms with Gasteiger partial charge in [-0.3, -0.25) is 0 Å². The number of rotatable bonds is 8. The average molecular weight is 308 g/mol. The first-order valence-corrected chi connectivity index (χ1v) is 7.65. The summed E-state index contributed by atoms with van der Waals surface area (Å²) in [6, 6.07) is 5.79. The number of aliphatic hydroxyl groups excluding tert-OH is 1. The molecule has 0 aliphatic rings. The highest BCUT2D eigenvalue weighted by Gasteiger charge is 2.09. The molecule has 0 bridgehead atoms. The molecule has 0 saturated carbocycles. The minimum atomic E-state index is 0.161. The van der Waals surface area contributed by atoms with Gasteiger partial charge in [-0.05, 0) is 18.2 Å². The first-order valence-electron chi connectivity index (χ1n) is 6.77. The number of nitrogens with zero attached hydrogens (tertiary/aromatic N) is 1. The van der Waals surface area contributed by atoms with Gasteiger partial charge in [-0.25, -0.2) is 4.98 Å². The van der Waals surface area contributed by atoms with E-state index in [-0.39, 0.29) is 6.61 Å². The summed E-state index contributed by atoms with van der Waals surface area (Å²) in [6.45, 7) is 1.60. The van der Waals surface area contributed by atoms with Gasteiger partial charge in [0.2, 0.25) is 0 Å². The van der Waals surface area contributed by atoms with Crippen LogP contribution in [0.2, 0.25) is 0 Å². The van der Waals surface area contributed by atoms with Crippen LogP contribution < -0.4 is 14.8 Å². The Kier molecular flexibility index (Phi) is 5.98. The number of aliphatic hydroxyl groups is 1. The first-order chi connectivity index (χ1) is 10.3. The number of benzene rings is 1. The van der Waals surface area contributed by atoms with E-state index in [1.165, 1.54) is 0 Å². The molecule has 0 aliphatic heterocycles. The molecule has 6 heteroatoms. The zero-order valence-electron chi connectivity index (χ0n) is 12.3. The van der Waals surface area contributed by atoms with Crippen molar-refractivity contribution in [3.8, 4) is 22.8 Å². The molecule has 0 fully saturated rings. The SMILES string of the molecule is COc1ccc(-c2csc(CCNCCO)n2)cc1OC. The Morgan fingerprint density at radius 1 is 1.19 bits per heavy atom. The van der Waals surface area contributed by atoms with Crippen LogP contribution in [-0.4, -0.2) is 44.0 Å². The van der Waals surface area contributed by atoms with Gasteiger partial charge in [-0.1, -0.05) is 0 Å². The Morgan fingerprint density at radius 3 is 2.71 bits per heavy atom. The molecule has 0 amide bonds. The standard InChI is InChI=1S/C15H20N2O3S/c1-19-13-4-3-11(9-14(13)20-2)12-10-21-15(17-12)5-6-16-7-8-18/h3-4,9-10,16,18H,5-8H2,1-2H3. The monoisotopic (exact) mass is 308 g/mol. The number of nitrogens with one attached hydrogen (secondary N) is 1. The van der Waals surface area contributed by atoms with Gasteiger partial charge in [0.15, 0.2) is 11.5 Å². The Bertz CT molecular complexity index is 572. The Labute approximate surface area is 128 Å². The summed E-state index contributed by atoms with van der Waals surface area (Å²) < 4.78 is 10.6. The fraction of sp³-hybridized carbons (Fsp3) is 0.400. The molecule has 0 radical (unpaired) electrons. The van der Waals surface area contributed by atoms with Gasteiger partial charge in [-0.15, -0.1) is 11.3 Å². The third kappa shape index (κ3) is 4.17. The van der Waals surface area contributed by atoms with Crippen molar-refractivity contribution in [1.29, 1.82) is 0 Å². The zero-order chi connectivity index (χ0) is 15.1. The molecule has 1 aromatic carbocycles. The van der Waals surface area contributed by atoms with E-state index in [0.717, 1.165) is 29.2 Å². The number of hydrogen-bond donors (Lipinski definition) is 2. The van der Waals surface area contributed by atoms with Crippen LogP contribution >= 0.6 is 11.3 Å². The molecule has 0 spiro atoms. The van der Waals surface area contributed by atoms with Gasteiger partial charge in [0.1, 0.15) is 0 Å². The molecule has 2 aromatic rings. The van der Waals surface area contributed by atoms with Gasteiger partial charge in [0.05, 0.1) is 31.5 Å². The topological polar surface area (TPSA) is 63.6 Å². The molecular weight excluding hydrogens is 288 g/mol. The smallest absolute Gasteiger partial charge is 0.161 e. The zero-order valence-corrected chi connectivity index (χ0v) is 13.1. The molecule has 0 unspecified atom stereocenters. The van der Waals surface area contributed by atoms with Crippen molar-refractivity contribution in [2.45, 2.75) is 6.42 Å². The van der Waals surface area contributed by atoms with E-state index in [0.29, 0.717) is 18.0 Å². The fourth-order valence-electron chi connectivity index (χ4n) is 1.95. The normalized spacial score (nSPS) is 10.6. The van der Waals surface area contributed by atoms with Crippen molar-refractivity contribution in [2.75, 3.05) is 33.9 Å². The lowest BCUT2D eigenvalue weighted by Gasteiger charge is -2.08. The van der Waals surface area contributed by atoms with E-state index in [9.17, 15) is 0 Å². The summed E-state index contributed by atoms with van der Waals surface area (Å²) in [6.07, 6.45) is 0.859. The summed E-state index contributed by atoms with van der Waals surface area (Å²) in [5.41, 5.74) is 1.96. The van der Waals surface area contributed by atoms with E-state index < -0.39 is 0 Å². The summed E-state index contributed by atoms with van der Waals surface area (Å²) in [7, 11) is 3.25. The molecule has 0 atom stereocenters. The lowest BCUT2D eigenvalue weighted by molar-refractivity contribution is 0.293. The molecule has 5 nitrogen and oxygen atoms in total. The lowest BCUT2D eigenvalue weighted by Crippen LogP contribution is -2.20. The third-order valence-corrected chi connectivity index (χ3v) is 3.94. The minimum Gasteiger partial charge on any atom is -0.493 e. The van der Waals surface area contributed by atoms with Crippen LogP contribution in [-0.2, 0) is 6.42 Å². The maximum absolute atomic E-state index is 8.71. The fourth-order valence-corrected chi connectivity index (χ4v) is 2.76.